The van der Waals surface area contributed by atoms with Crippen LogP contribution in [0.5, 0.6) is 0 Å². The first-order valence-corrected chi connectivity index (χ1v) is 11.9. The van der Waals surface area contributed by atoms with E-state index < -0.39 is 59.1 Å². The summed E-state index contributed by atoms with van der Waals surface area (Å²) in [5, 5.41) is 7.12. The number of fused-ring (bicyclic) bond motifs is 3. The van der Waals surface area contributed by atoms with Crippen LogP contribution in [0.1, 0.15) is 29.0 Å². The molecule has 4 rings (SSSR count). The van der Waals surface area contributed by atoms with Crippen molar-refractivity contribution in [2.45, 2.75) is 24.8 Å². The van der Waals surface area contributed by atoms with Crippen molar-refractivity contribution < 1.29 is 36.3 Å². The number of hydrogen-bond acceptors (Lipinski definition) is 5. The second-order valence-electron chi connectivity index (χ2n) is 8.77. The van der Waals surface area contributed by atoms with Crippen molar-refractivity contribution in [1.29, 1.82) is 0 Å². The molecule has 0 heterocycles. The number of alkyl carbamates (subject to hydrolysis) is 1. The minimum absolute atomic E-state index is 0.0927. The summed E-state index contributed by atoms with van der Waals surface area (Å²) in [7, 11) is 0. The zero-order chi connectivity index (χ0) is 28.1. The largest absolute Gasteiger partial charge is 0.449 e. The molecule has 3 aromatic rings. The highest BCUT2D eigenvalue weighted by Gasteiger charge is 2.32. The summed E-state index contributed by atoms with van der Waals surface area (Å²) >= 11 is 0. The molecule has 0 saturated heterocycles. The lowest BCUT2D eigenvalue weighted by Gasteiger charge is -2.20. The predicted octanol–water partition coefficient (Wildman–Crippen LogP) is 5.10. The Morgan fingerprint density at radius 3 is 1.95 bits per heavy atom. The minimum atomic E-state index is -2.35. The molecule has 1 atom stereocenters. The molecular formula is C27H22F5N3O4. The highest BCUT2D eigenvalue weighted by Crippen LogP contribution is 2.44. The first-order valence-electron chi connectivity index (χ1n) is 11.9. The molecule has 1 aliphatic carbocycles. The van der Waals surface area contributed by atoms with Crippen molar-refractivity contribution in [2.24, 2.45) is 5.18 Å². The Kier molecular flexibility index (Phi) is 8.52. The number of amides is 2. The first kappa shape index (κ1) is 27.7. The Bertz CT molecular complexity index is 1340. The summed E-state index contributed by atoms with van der Waals surface area (Å²) < 4.78 is 74.9. The number of carbonyl (C=O) groups excluding carboxylic acids is 2. The van der Waals surface area contributed by atoms with Crippen LogP contribution in [0.15, 0.2) is 53.7 Å². The minimum Gasteiger partial charge on any atom is -0.449 e. The average molecular weight is 547 g/mol. The Balaban J connectivity index is 1.51. The smallest absolute Gasteiger partial charge is 0.407 e. The van der Waals surface area contributed by atoms with Gasteiger partial charge in [0.25, 0.3) is 0 Å². The molecule has 0 bridgehead atoms. The standard InChI is InChI=1S/C27H22F5N3O4/c28-21-18(22(29)24(31)25(32)23(21)30)12-20(26(36)33-10-5-11-34-38)35-27(37)39-13-19-16-8-3-1-6-14(16)15-7-2-4-9-17(15)19/h1-4,6-9,19-20H,5,10-13H2,(H,33,36)(H,35,37). The van der Waals surface area contributed by atoms with E-state index in [0.29, 0.717) is 0 Å². The Hall–Kier alpha value is -4.35. The summed E-state index contributed by atoms with van der Waals surface area (Å²) in [5.41, 5.74) is 2.48. The van der Waals surface area contributed by atoms with Gasteiger partial charge in [0.2, 0.25) is 11.7 Å². The van der Waals surface area contributed by atoms with Gasteiger partial charge in [0, 0.05) is 24.4 Å². The quantitative estimate of drug-likeness (QED) is 0.121. The fourth-order valence-corrected chi connectivity index (χ4v) is 4.50. The van der Waals surface area contributed by atoms with E-state index >= 15 is 0 Å². The van der Waals surface area contributed by atoms with Crippen LogP contribution >= 0.6 is 0 Å². The molecule has 12 heteroatoms. The van der Waals surface area contributed by atoms with Crippen LogP contribution in [-0.2, 0) is 16.0 Å². The molecule has 0 saturated carbocycles. The number of ether oxygens (including phenoxy) is 1. The lowest BCUT2D eigenvalue weighted by Crippen LogP contribution is -2.49. The summed E-state index contributed by atoms with van der Waals surface area (Å²) in [6, 6.07) is 13.3. The van der Waals surface area contributed by atoms with Gasteiger partial charge in [0.1, 0.15) is 12.6 Å². The number of benzene rings is 3. The SMILES string of the molecule is O=NCCCNC(=O)C(Cc1c(F)c(F)c(F)c(F)c1F)NC(=O)OCC1c2ccccc2-c2ccccc21. The van der Waals surface area contributed by atoms with E-state index in [1.165, 1.54) is 0 Å². The molecule has 0 aliphatic heterocycles. The summed E-state index contributed by atoms with van der Waals surface area (Å²) in [5.74, 6) is -12.3. The fourth-order valence-electron chi connectivity index (χ4n) is 4.50. The van der Waals surface area contributed by atoms with Gasteiger partial charge in [-0.3, -0.25) is 4.79 Å². The number of nitroso groups, excluding NO2 is 1. The van der Waals surface area contributed by atoms with Gasteiger partial charge in [0.15, 0.2) is 23.3 Å². The van der Waals surface area contributed by atoms with Gasteiger partial charge < -0.3 is 15.4 Å². The van der Waals surface area contributed by atoms with Crippen LogP contribution in [0.25, 0.3) is 11.1 Å². The van der Waals surface area contributed by atoms with E-state index in [2.05, 4.69) is 15.8 Å². The number of nitrogens with zero attached hydrogens (tertiary/aromatic N) is 1. The molecule has 204 valence electrons. The van der Waals surface area contributed by atoms with Crippen molar-refractivity contribution in [3.63, 3.8) is 0 Å². The average Bonchev–Trinajstić information content (AvgIpc) is 3.27. The summed E-state index contributed by atoms with van der Waals surface area (Å²) in [6.45, 7) is -0.380. The van der Waals surface area contributed by atoms with Gasteiger partial charge in [0.05, 0.1) is 6.54 Å². The maximum absolute atomic E-state index is 14.3. The van der Waals surface area contributed by atoms with Gasteiger partial charge in [-0.2, -0.15) is 4.91 Å². The second kappa shape index (κ2) is 12.0. The van der Waals surface area contributed by atoms with Crippen LogP contribution in [0, 0.1) is 34.0 Å². The second-order valence-corrected chi connectivity index (χ2v) is 8.77. The maximum Gasteiger partial charge on any atom is 0.407 e. The van der Waals surface area contributed by atoms with Crippen LogP contribution in [-0.4, -0.2) is 37.7 Å². The van der Waals surface area contributed by atoms with Crippen molar-refractivity contribution in [1.82, 2.24) is 10.6 Å². The Labute approximate surface area is 219 Å². The summed E-state index contributed by atoms with van der Waals surface area (Å²) in [4.78, 5) is 35.6. The molecule has 2 N–H and O–H groups in total. The van der Waals surface area contributed by atoms with E-state index in [1.54, 1.807) is 0 Å². The first-order chi connectivity index (χ1) is 18.7. The fraction of sp³-hybridized carbons (Fsp3) is 0.259. The molecule has 7 nitrogen and oxygen atoms in total. The van der Waals surface area contributed by atoms with Crippen molar-refractivity contribution in [2.75, 3.05) is 19.7 Å². The van der Waals surface area contributed by atoms with E-state index in [0.717, 1.165) is 22.3 Å². The van der Waals surface area contributed by atoms with Gasteiger partial charge in [-0.25, -0.2) is 26.7 Å². The van der Waals surface area contributed by atoms with E-state index in [1.807, 2.05) is 48.5 Å². The van der Waals surface area contributed by atoms with Gasteiger partial charge in [-0.05, 0) is 28.7 Å². The van der Waals surface area contributed by atoms with E-state index in [-0.39, 0.29) is 32.0 Å². The van der Waals surface area contributed by atoms with Crippen LogP contribution in [0.3, 0.4) is 0 Å². The topological polar surface area (TPSA) is 96.9 Å². The highest BCUT2D eigenvalue weighted by atomic mass is 19.2. The summed E-state index contributed by atoms with van der Waals surface area (Å²) in [6.07, 6.45) is -2.08. The molecule has 3 aromatic carbocycles. The van der Waals surface area contributed by atoms with Crippen molar-refractivity contribution in [3.8, 4) is 11.1 Å². The lowest BCUT2D eigenvalue weighted by atomic mass is 9.98. The van der Waals surface area contributed by atoms with Crippen LogP contribution in [0.2, 0.25) is 0 Å². The zero-order valence-electron chi connectivity index (χ0n) is 20.3. The Morgan fingerprint density at radius 1 is 0.846 bits per heavy atom. The molecule has 39 heavy (non-hydrogen) atoms. The number of rotatable bonds is 10. The molecule has 0 spiro atoms. The molecule has 1 unspecified atom stereocenters. The third-order valence-corrected chi connectivity index (χ3v) is 6.39. The number of carbonyl (C=O) groups is 2. The molecule has 0 aromatic heterocycles. The van der Waals surface area contributed by atoms with Crippen molar-refractivity contribution in [3.05, 3.63) is 99.2 Å². The van der Waals surface area contributed by atoms with Gasteiger partial charge in [-0.1, -0.05) is 53.7 Å². The normalized spacial score (nSPS) is 12.8. The zero-order valence-corrected chi connectivity index (χ0v) is 20.3. The van der Waals surface area contributed by atoms with Crippen molar-refractivity contribution >= 4 is 12.0 Å². The van der Waals surface area contributed by atoms with E-state index in [4.69, 9.17) is 4.74 Å². The van der Waals surface area contributed by atoms with Crippen LogP contribution in [0.4, 0.5) is 26.7 Å². The number of halogens is 5. The van der Waals surface area contributed by atoms with Crippen LogP contribution < -0.4 is 10.6 Å². The molecule has 0 fully saturated rings. The van der Waals surface area contributed by atoms with E-state index in [9.17, 15) is 36.4 Å². The number of hydrogen-bond donors (Lipinski definition) is 2. The lowest BCUT2D eigenvalue weighted by molar-refractivity contribution is -0.123. The monoisotopic (exact) mass is 547 g/mol. The van der Waals surface area contributed by atoms with Gasteiger partial charge >= 0.3 is 6.09 Å². The predicted molar refractivity (Wildman–Crippen MR) is 130 cm³/mol. The highest BCUT2D eigenvalue weighted by molar-refractivity contribution is 5.86. The third kappa shape index (κ3) is 5.74. The molecular weight excluding hydrogens is 525 g/mol. The molecule has 1 aliphatic rings. The molecule has 2 amide bonds. The maximum atomic E-state index is 14.3. The number of nitrogens with one attached hydrogen (secondary N) is 2. The molecule has 0 radical (unpaired) electrons. The van der Waals surface area contributed by atoms with Gasteiger partial charge in [-0.15, -0.1) is 0 Å². The Morgan fingerprint density at radius 2 is 1.38 bits per heavy atom. The third-order valence-electron chi connectivity index (χ3n) is 6.39.